The number of benzene rings is 1. The molecule has 18 heavy (non-hydrogen) atoms. The SMILES string of the molecule is CCC1(C)C(N)CC1Oc1cc(F)c(Cl)cc1Br. The minimum Gasteiger partial charge on any atom is -0.488 e. The third-order valence-corrected chi connectivity index (χ3v) is 4.97. The van der Waals surface area contributed by atoms with Gasteiger partial charge in [0.25, 0.3) is 0 Å². The van der Waals surface area contributed by atoms with Gasteiger partial charge in [0.15, 0.2) is 0 Å². The Kier molecular flexibility index (Phi) is 3.90. The van der Waals surface area contributed by atoms with Crippen LogP contribution in [0.4, 0.5) is 4.39 Å². The summed E-state index contributed by atoms with van der Waals surface area (Å²) < 4.78 is 20.0. The van der Waals surface area contributed by atoms with E-state index in [1.54, 1.807) is 0 Å². The molecule has 5 heteroatoms. The molecule has 0 saturated heterocycles. The van der Waals surface area contributed by atoms with Gasteiger partial charge in [0, 0.05) is 23.9 Å². The minimum absolute atomic E-state index is 0.0226. The van der Waals surface area contributed by atoms with Gasteiger partial charge in [-0.05, 0) is 28.4 Å². The van der Waals surface area contributed by atoms with Crippen LogP contribution in [0.15, 0.2) is 16.6 Å². The van der Waals surface area contributed by atoms with Gasteiger partial charge in [0.1, 0.15) is 17.7 Å². The van der Waals surface area contributed by atoms with E-state index < -0.39 is 5.82 Å². The second-order valence-electron chi connectivity index (χ2n) is 5.00. The fourth-order valence-electron chi connectivity index (χ4n) is 2.27. The minimum atomic E-state index is -0.475. The average Bonchev–Trinajstić information content (AvgIpc) is 2.34. The second kappa shape index (κ2) is 4.99. The van der Waals surface area contributed by atoms with E-state index in [9.17, 15) is 4.39 Å². The van der Waals surface area contributed by atoms with Crippen molar-refractivity contribution in [3.05, 3.63) is 27.4 Å². The summed E-state index contributed by atoms with van der Waals surface area (Å²) in [4.78, 5) is 0. The number of rotatable bonds is 3. The van der Waals surface area contributed by atoms with Crippen molar-refractivity contribution in [3.63, 3.8) is 0 Å². The average molecular weight is 337 g/mol. The molecule has 3 unspecified atom stereocenters. The molecular weight excluding hydrogens is 321 g/mol. The van der Waals surface area contributed by atoms with E-state index in [0.29, 0.717) is 10.2 Å². The lowest BCUT2D eigenvalue weighted by Gasteiger charge is -2.51. The van der Waals surface area contributed by atoms with E-state index in [-0.39, 0.29) is 22.6 Å². The molecule has 0 bridgehead atoms. The van der Waals surface area contributed by atoms with Crippen LogP contribution in [0.1, 0.15) is 26.7 Å². The molecule has 2 rings (SSSR count). The van der Waals surface area contributed by atoms with E-state index in [1.807, 2.05) is 0 Å². The standard InChI is InChI=1S/C13H16BrClFNO/c1-3-13(2)11(17)6-12(13)18-10-5-9(16)8(15)4-7(10)14/h4-5,11-12H,3,6,17H2,1-2H3. The summed E-state index contributed by atoms with van der Waals surface area (Å²) in [6.45, 7) is 4.19. The largest absolute Gasteiger partial charge is 0.488 e. The van der Waals surface area contributed by atoms with E-state index in [2.05, 4.69) is 29.8 Å². The van der Waals surface area contributed by atoms with Crippen LogP contribution < -0.4 is 10.5 Å². The molecule has 0 aromatic heterocycles. The van der Waals surface area contributed by atoms with Crippen LogP contribution in [0.25, 0.3) is 0 Å². The second-order valence-corrected chi connectivity index (χ2v) is 6.27. The Bertz CT molecular complexity index is 471. The van der Waals surface area contributed by atoms with Gasteiger partial charge in [-0.3, -0.25) is 0 Å². The van der Waals surface area contributed by atoms with Crippen LogP contribution in [-0.2, 0) is 0 Å². The number of hydrogen-bond donors (Lipinski definition) is 1. The van der Waals surface area contributed by atoms with Crippen LogP contribution in [0.3, 0.4) is 0 Å². The molecule has 1 fully saturated rings. The Balaban J connectivity index is 2.18. The van der Waals surface area contributed by atoms with Crippen molar-refractivity contribution in [2.45, 2.75) is 38.8 Å². The van der Waals surface area contributed by atoms with Crippen molar-refractivity contribution in [2.75, 3.05) is 0 Å². The molecule has 1 saturated carbocycles. The predicted molar refractivity (Wildman–Crippen MR) is 74.5 cm³/mol. The van der Waals surface area contributed by atoms with Gasteiger partial charge in [0.2, 0.25) is 0 Å². The highest BCUT2D eigenvalue weighted by Gasteiger charge is 2.50. The zero-order valence-corrected chi connectivity index (χ0v) is 12.7. The van der Waals surface area contributed by atoms with Gasteiger partial charge in [-0.2, -0.15) is 0 Å². The molecule has 0 radical (unpaired) electrons. The van der Waals surface area contributed by atoms with Gasteiger partial charge in [-0.25, -0.2) is 4.39 Å². The van der Waals surface area contributed by atoms with Crippen molar-refractivity contribution < 1.29 is 9.13 Å². The monoisotopic (exact) mass is 335 g/mol. The molecular formula is C13H16BrClFNO. The Labute approximate surface area is 120 Å². The Hall–Kier alpha value is -0.320. The molecule has 0 spiro atoms. The highest BCUT2D eigenvalue weighted by Crippen LogP contribution is 2.46. The maximum atomic E-state index is 13.4. The predicted octanol–water partition coefficient (Wildman–Crippen LogP) is 4.14. The highest BCUT2D eigenvalue weighted by atomic mass is 79.9. The summed E-state index contributed by atoms with van der Waals surface area (Å²) in [7, 11) is 0. The summed E-state index contributed by atoms with van der Waals surface area (Å²) in [5, 5.41) is 0.0813. The van der Waals surface area contributed by atoms with Crippen LogP contribution in [0.5, 0.6) is 5.75 Å². The van der Waals surface area contributed by atoms with Crippen molar-refractivity contribution >= 4 is 27.5 Å². The van der Waals surface area contributed by atoms with Crippen molar-refractivity contribution in [2.24, 2.45) is 11.1 Å². The normalized spacial score (nSPS) is 31.0. The Morgan fingerprint density at radius 2 is 2.28 bits per heavy atom. The third kappa shape index (κ3) is 2.26. The molecule has 1 aromatic carbocycles. The maximum absolute atomic E-state index is 13.4. The lowest BCUT2D eigenvalue weighted by atomic mass is 9.62. The molecule has 0 heterocycles. The molecule has 0 amide bonds. The van der Waals surface area contributed by atoms with E-state index in [4.69, 9.17) is 22.1 Å². The molecule has 0 aliphatic heterocycles. The molecule has 100 valence electrons. The summed E-state index contributed by atoms with van der Waals surface area (Å²) in [5.74, 6) is 0.00478. The first-order chi connectivity index (χ1) is 8.38. The van der Waals surface area contributed by atoms with Crippen molar-refractivity contribution in [1.29, 1.82) is 0 Å². The van der Waals surface area contributed by atoms with Gasteiger partial charge < -0.3 is 10.5 Å². The summed E-state index contributed by atoms with van der Waals surface area (Å²) in [6.07, 6.45) is 1.75. The highest BCUT2D eigenvalue weighted by molar-refractivity contribution is 9.10. The number of nitrogens with two attached hydrogens (primary N) is 1. The van der Waals surface area contributed by atoms with Crippen LogP contribution in [-0.4, -0.2) is 12.1 Å². The topological polar surface area (TPSA) is 35.2 Å². The van der Waals surface area contributed by atoms with Crippen LogP contribution in [0, 0.1) is 11.2 Å². The Morgan fingerprint density at radius 3 is 2.83 bits per heavy atom. The van der Waals surface area contributed by atoms with Crippen LogP contribution >= 0.6 is 27.5 Å². The van der Waals surface area contributed by atoms with Gasteiger partial charge in [-0.1, -0.05) is 25.4 Å². The quantitative estimate of drug-likeness (QED) is 0.842. The molecule has 1 aliphatic rings. The molecule has 1 aliphatic carbocycles. The number of hydrogen-bond acceptors (Lipinski definition) is 2. The van der Waals surface area contributed by atoms with Gasteiger partial charge in [-0.15, -0.1) is 0 Å². The summed E-state index contributed by atoms with van der Waals surface area (Å²) in [6, 6.07) is 2.96. The smallest absolute Gasteiger partial charge is 0.145 e. The lowest BCUT2D eigenvalue weighted by Crippen LogP contribution is -2.61. The van der Waals surface area contributed by atoms with Gasteiger partial charge in [0.05, 0.1) is 9.50 Å². The zero-order chi connectivity index (χ0) is 13.5. The van der Waals surface area contributed by atoms with E-state index in [0.717, 1.165) is 12.8 Å². The molecule has 1 aromatic rings. The molecule has 2 N–H and O–H groups in total. The van der Waals surface area contributed by atoms with E-state index >= 15 is 0 Å². The van der Waals surface area contributed by atoms with Crippen LogP contribution in [0.2, 0.25) is 5.02 Å². The summed E-state index contributed by atoms with van der Waals surface area (Å²) >= 11 is 9.03. The first-order valence-electron chi connectivity index (χ1n) is 5.95. The Morgan fingerprint density at radius 1 is 1.61 bits per heavy atom. The summed E-state index contributed by atoms with van der Waals surface area (Å²) in [5.41, 5.74) is 5.97. The molecule has 3 atom stereocenters. The first-order valence-corrected chi connectivity index (χ1v) is 7.12. The third-order valence-electron chi connectivity index (χ3n) is 4.06. The fourth-order valence-corrected chi connectivity index (χ4v) is 3.00. The maximum Gasteiger partial charge on any atom is 0.145 e. The zero-order valence-electron chi connectivity index (χ0n) is 10.3. The fraction of sp³-hybridized carbons (Fsp3) is 0.538. The van der Waals surface area contributed by atoms with Crippen molar-refractivity contribution in [3.8, 4) is 5.75 Å². The lowest BCUT2D eigenvalue weighted by molar-refractivity contribution is -0.0565. The van der Waals surface area contributed by atoms with Crippen molar-refractivity contribution in [1.82, 2.24) is 0 Å². The van der Waals surface area contributed by atoms with Gasteiger partial charge >= 0.3 is 0 Å². The number of ether oxygens (including phenoxy) is 1. The molecule has 2 nitrogen and oxygen atoms in total. The first kappa shape index (κ1) is 14.1. The number of halogens is 3. The van der Waals surface area contributed by atoms with E-state index in [1.165, 1.54) is 12.1 Å².